The number of esters is 1. The number of aromatic nitrogens is 2. The fourth-order valence-corrected chi connectivity index (χ4v) is 1.65. The molecule has 0 aliphatic carbocycles. The molecule has 0 amide bonds. The minimum absolute atomic E-state index is 0.395. The Kier molecular flexibility index (Phi) is 3.71. The number of aryl methyl sites for hydroxylation is 2. The van der Waals surface area contributed by atoms with Gasteiger partial charge in [0.1, 0.15) is 5.82 Å². The van der Waals surface area contributed by atoms with E-state index in [1.54, 1.807) is 17.7 Å². The lowest BCUT2D eigenvalue weighted by molar-refractivity contribution is -0.133. The van der Waals surface area contributed by atoms with Crippen LogP contribution in [0.3, 0.4) is 0 Å². The third kappa shape index (κ3) is 1.93. The first-order chi connectivity index (χ1) is 7.56. The predicted octanol–water partition coefficient (Wildman–Crippen LogP) is 1.37. The summed E-state index contributed by atoms with van der Waals surface area (Å²) in [5.41, 5.74) is 7.79. The molecule has 0 aliphatic heterocycles. The van der Waals surface area contributed by atoms with Crippen molar-refractivity contribution in [2.24, 2.45) is 0 Å². The number of methoxy groups -OCH3 is 1. The zero-order chi connectivity index (χ0) is 12.3. The topological polar surface area (TPSA) is 70.1 Å². The molecule has 0 saturated carbocycles. The second-order valence-corrected chi connectivity index (χ2v) is 3.36. The highest BCUT2D eigenvalue weighted by Gasteiger charge is 2.20. The van der Waals surface area contributed by atoms with Gasteiger partial charge in [-0.1, -0.05) is 6.08 Å². The van der Waals surface area contributed by atoms with Gasteiger partial charge in [0.2, 0.25) is 0 Å². The van der Waals surface area contributed by atoms with Gasteiger partial charge in [0.05, 0.1) is 23.9 Å². The number of nitrogens with two attached hydrogens (primary N) is 1. The Bertz CT molecular complexity index is 433. The Balaban J connectivity index is 3.31. The maximum absolute atomic E-state index is 11.6. The monoisotopic (exact) mass is 223 g/mol. The van der Waals surface area contributed by atoms with E-state index in [4.69, 9.17) is 10.5 Å². The number of carbonyl (C=O) groups excluding carboxylic acids is 1. The van der Waals surface area contributed by atoms with Crippen LogP contribution in [0.25, 0.3) is 5.57 Å². The Labute approximate surface area is 94.9 Å². The lowest BCUT2D eigenvalue weighted by Crippen LogP contribution is -2.07. The van der Waals surface area contributed by atoms with E-state index in [-0.39, 0.29) is 0 Å². The molecule has 0 unspecified atom stereocenters. The SMILES string of the molecule is C/C=C(/C(=O)OC)c1c(C)nn(CC)c1N. The van der Waals surface area contributed by atoms with E-state index in [0.29, 0.717) is 23.5 Å². The Hall–Kier alpha value is -1.78. The minimum Gasteiger partial charge on any atom is -0.465 e. The fraction of sp³-hybridized carbons (Fsp3) is 0.455. The summed E-state index contributed by atoms with van der Waals surface area (Å²) in [7, 11) is 1.35. The fourth-order valence-electron chi connectivity index (χ4n) is 1.65. The summed E-state index contributed by atoms with van der Waals surface area (Å²) >= 11 is 0. The van der Waals surface area contributed by atoms with Crippen LogP contribution in [0.2, 0.25) is 0 Å². The molecule has 5 nitrogen and oxygen atoms in total. The first-order valence-electron chi connectivity index (χ1n) is 5.14. The van der Waals surface area contributed by atoms with Gasteiger partial charge in [-0.15, -0.1) is 0 Å². The van der Waals surface area contributed by atoms with Crippen LogP contribution in [0, 0.1) is 6.92 Å². The lowest BCUT2D eigenvalue weighted by Gasteiger charge is -2.05. The summed E-state index contributed by atoms with van der Waals surface area (Å²) in [6.07, 6.45) is 1.69. The van der Waals surface area contributed by atoms with E-state index in [1.165, 1.54) is 7.11 Å². The molecule has 1 heterocycles. The van der Waals surface area contributed by atoms with Crippen molar-refractivity contribution in [1.29, 1.82) is 0 Å². The second-order valence-electron chi connectivity index (χ2n) is 3.36. The van der Waals surface area contributed by atoms with Crippen LogP contribution >= 0.6 is 0 Å². The van der Waals surface area contributed by atoms with Gasteiger partial charge in [-0.2, -0.15) is 5.10 Å². The molecule has 1 aromatic heterocycles. The van der Waals surface area contributed by atoms with E-state index < -0.39 is 5.97 Å². The highest BCUT2D eigenvalue weighted by Crippen LogP contribution is 2.26. The van der Waals surface area contributed by atoms with Crippen molar-refractivity contribution < 1.29 is 9.53 Å². The van der Waals surface area contributed by atoms with Gasteiger partial charge >= 0.3 is 5.97 Å². The zero-order valence-electron chi connectivity index (χ0n) is 10.1. The molecule has 1 aromatic rings. The first-order valence-corrected chi connectivity index (χ1v) is 5.14. The van der Waals surface area contributed by atoms with Crippen LogP contribution in [-0.4, -0.2) is 22.9 Å². The Morgan fingerprint density at radius 2 is 2.25 bits per heavy atom. The van der Waals surface area contributed by atoms with Gasteiger partial charge in [0, 0.05) is 6.54 Å². The number of hydrogen-bond acceptors (Lipinski definition) is 4. The predicted molar refractivity (Wildman–Crippen MR) is 62.7 cm³/mol. The molecule has 0 bridgehead atoms. The van der Waals surface area contributed by atoms with Crippen molar-refractivity contribution in [2.75, 3.05) is 12.8 Å². The average molecular weight is 223 g/mol. The molecule has 16 heavy (non-hydrogen) atoms. The molecule has 2 N–H and O–H groups in total. The van der Waals surface area contributed by atoms with E-state index >= 15 is 0 Å². The molecule has 0 atom stereocenters. The number of hydrogen-bond donors (Lipinski definition) is 1. The molecule has 0 fully saturated rings. The van der Waals surface area contributed by atoms with Crippen molar-refractivity contribution in [3.05, 3.63) is 17.3 Å². The van der Waals surface area contributed by atoms with Crippen molar-refractivity contribution >= 4 is 17.4 Å². The van der Waals surface area contributed by atoms with Gasteiger partial charge in [0.15, 0.2) is 0 Å². The van der Waals surface area contributed by atoms with Crippen LogP contribution in [-0.2, 0) is 16.1 Å². The molecule has 0 saturated heterocycles. The number of allylic oxidation sites excluding steroid dienone is 1. The summed E-state index contributed by atoms with van der Waals surface area (Å²) in [4.78, 5) is 11.6. The molecule has 0 spiro atoms. The number of nitrogen functional groups attached to an aromatic ring is 1. The van der Waals surface area contributed by atoms with Crippen LogP contribution in [0.1, 0.15) is 25.1 Å². The zero-order valence-corrected chi connectivity index (χ0v) is 10.1. The molecule has 0 radical (unpaired) electrons. The summed E-state index contributed by atoms with van der Waals surface area (Å²) in [5.74, 6) is 0.103. The Morgan fingerprint density at radius 1 is 1.62 bits per heavy atom. The van der Waals surface area contributed by atoms with E-state index in [1.807, 2.05) is 13.8 Å². The van der Waals surface area contributed by atoms with Gasteiger partial charge in [-0.05, 0) is 20.8 Å². The molecule has 88 valence electrons. The quantitative estimate of drug-likeness (QED) is 0.620. The number of anilines is 1. The van der Waals surface area contributed by atoms with Gasteiger partial charge in [0.25, 0.3) is 0 Å². The lowest BCUT2D eigenvalue weighted by atomic mass is 10.1. The van der Waals surface area contributed by atoms with Crippen LogP contribution in [0.4, 0.5) is 5.82 Å². The third-order valence-electron chi connectivity index (χ3n) is 2.43. The molecule has 1 rings (SSSR count). The first kappa shape index (κ1) is 12.3. The van der Waals surface area contributed by atoms with Crippen LogP contribution < -0.4 is 5.73 Å². The highest BCUT2D eigenvalue weighted by molar-refractivity contribution is 6.18. The van der Waals surface area contributed by atoms with Gasteiger partial charge in [-0.3, -0.25) is 0 Å². The minimum atomic E-state index is -0.395. The molecule has 0 aromatic carbocycles. The van der Waals surface area contributed by atoms with E-state index in [2.05, 4.69) is 5.10 Å². The maximum Gasteiger partial charge on any atom is 0.338 e. The highest BCUT2D eigenvalue weighted by atomic mass is 16.5. The largest absolute Gasteiger partial charge is 0.465 e. The van der Waals surface area contributed by atoms with E-state index in [9.17, 15) is 4.79 Å². The van der Waals surface area contributed by atoms with Crippen molar-refractivity contribution in [3.8, 4) is 0 Å². The van der Waals surface area contributed by atoms with Crippen molar-refractivity contribution in [2.45, 2.75) is 27.3 Å². The normalized spacial score (nSPS) is 11.6. The smallest absolute Gasteiger partial charge is 0.338 e. The summed E-state index contributed by atoms with van der Waals surface area (Å²) in [6.45, 7) is 6.21. The van der Waals surface area contributed by atoms with Crippen molar-refractivity contribution in [3.63, 3.8) is 0 Å². The summed E-state index contributed by atoms with van der Waals surface area (Å²) < 4.78 is 6.37. The van der Waals surface area contributed by atoms with Gasteiger partial charge < -0.3 is 10.5 Å². The number of carbonyl (C=O) groups is 1. The number of rotatable bonds is 3. The maximum atomic E-state index is 11.6. The van der Waals surface area contributed by atoms with Crippen LogP contribution in [0.15, 0.2) is 6.08 Å². The second kappa shape index (κ2) is 4.83. The molecular weight excluding hydrogens is 206 g/mol. The van der Waals surface area contributed by atoms with Gasteiger partial charge in [-0.25, -0.2) is 9.48 Å². The molecular formula is C11H17N3O2. The van der Waals surface area contributed by atoms with Crippen LogP contribution in [0.5, 0.6) is 0 Å². The average Bonchev–Trinajstić information content (AvgIpc) is 2.56. The third-order valence-corrected chi connectivity index (χ3v) is 2.43. The Morgan fingerprint density at radius 3 is 2.62 bits per heavy atom. The number of nitrogens with zero attached hydrogens (tertiary/aromatic N) is 2. The molecule has 0 aliphatic rings. The van der Waals surface area contributed by atoms with Crippen molar-refractivity contribution in [1.82, 2.24) is 9.78 Å². The summed E-state index contributed by atoms with van der Waals surface area (Å²) in [5, 5.41) is 4.26. The summed E-state index contributed by atoms with van der Waals surface area (Å²) in [6, 6.07) is 0. The van der Waals surface area contributed by atoms with E-state index in [0.717, 1.165) is 5.69 Å². The number of ether oxygens (including phenoxy) is 1. The standard InChI is InChI=1S/C11H17N3O2/c1-5-8(11(15)16-4)9-7(3)13-14(6-2)10(9)12/h5H,6,12H2,1-4H3/b8-5+. The molecule has 5 heteroatoms.